The van der Waals surface area contributed by atoms with Gasteiger partial charge in [-0.15, -0.1) is 0 Å². The second kappa shape index (κ2) is 8.75. The summed E-state index contributed by atoms with van der Waals surface area (Å²) in [5.41, 5.74) is 1.71. The molecular formula is C18H20Cl2N4OS. The van der Waals surface area contributed by atoms with Crippen LogP contribution in [0.3, 0.4) is 0 Å². The van der Waals surface area contributed by atoms with Gasteiger partial charge in [0.25, 0.3) is 0 Å². The van der Waals surface area contributed by atoms with Gasteiger partial charge in [0, 0.05) is 38.6 Å². The summed E-state index contributed by atoms with van der Waals surface area (Å²) in [5, 5.41) is 5.11. The molecule has 1 saturated heterocycles. The van der Waals surface area contributed by atoms with Gasteiger partial charge in [-0.25, -0.2) is 0 Å². The zero-order valence-corrected chi connectivity index (χ0v) is 16.7. The SMILES string of the molecule is CCOc1ccccc1NC(=S)N1CCN(c2c(Cl)cncc2Cl)CC1. The Kier molecular flexibility index (Phi) is 6.40. The molecule has 1 aromatic carbocycles. The molecule has 2 aromatic rings. The highest BCUT2D eigenvalue weighted by molar-refractivity contribution is 7.80. The predicted molar refractivity (Wildman–Crippen MR) is 112 cm³/mol. The lowest BCUT2D eigenvalue weighted by Crippen LogP contribution is -2.50. The number of thiocarbonyl (C=S) groups is 1. The maximum atomic E-state index is 6.26. The van der Waals surface area contributed by atoms with Crippen molar-refractivity contribution in [3.63, 3.8) is 0 Å². The standard InChI is InChI=1S/C18H20Cl2N4OS/c1-2-25-16-6-4-3-5-15(16)22-18(26)24-9-7-23(8-10-24)17-13(19)11-21-12-14(17)20/h3-6,11-12H,2,7-10H2,1H3,(H,22,26). The van der Waals surface area contributed by atoms with E-state index in [1.54, 1.807) is 12.4 Å². The maximum Gasteiger partial charge on any atom is 0.173 e. The summed E-state index contributed by atoms with van der Waals surface area (Å²) in [6.45, 7) is 5.67. The first-order valence-corrected chi connectivity index (χ1v) is 9.58. The lowest BCUT2D eigenvalue weighted by atomic mass is 10.2. The van der Waals surface area contributed by atoms with E-state index in [4.69, 9.17) is 40.2 Å². The average molecular weight is 411 g/mol. The van der Waals surface area contributed by atoms with Gasteiger partial charge in [-0.05, 0) is 31.3 Å². The molecule has 138 valence electrons. The van der Waals surface area contributed by atoms with Crippen molar-refractivity contribution in [2.45, 2.75) is 6.92 Å². The van der Waals surface area contributed by atoms with Crippen LogP contribution in [0.15, 0.2) is 36.7 Å². The van der Waals surface area contributed by atoms with Gasteiger partial charge in [-0.3, -0.25) is 4.98 Å². The van der Waals surface area contributed by atoms with Crippen molar-refractivity contribution in [3.05, 3.63) is 46.7 Å². The van der Waals surface area contributed by atoms with Crippen LogP contribution in [0.1, 0.15) is 6.92 Å². The number of anilines is 2. The predicted octanol–water partition coefficient (Wildman–Crippen LogP) is 4.31. The highest BCUT2D eigenvalue weighted by atomic mass is 35.5. The number of aromatic nitrogens is 1. The molecule has 0 saturated carbocycles. The van der Waals surface area contributed by atoms with E-state index in [0.29, 0.717) is 21.8 Å². The Hall–Kier alpha value is -1.76. The van der Waals surface area contributed by atoms with Crippen molar-refractivity contribution in [2.75, 3.05) is 43.0 Å². The molecule has 0 spiro atoms. The van der Waals surface area contributed by atoms with E-state index >= 15 is 0 Å². The van der Waals surface area contributed by atoms with E-state index in [1.165, 1.54) is 0 Å². The molecule has 0 unspecified atom stereocenters. The summed E-state index contributed by atoms with van der Waals surface area (Å²) in [5.74, 6) is 0.798. The van der Waals surface area contributed by atoms with E-state index in [1.807, 2.05) is 31.2 Å². The lowest BCUT2D eigenvalue weighted by Gasteiger charge is -2.38. The molecule has 0 aliphatic carbocycles. The highest BCUT2D eigenvalue weighted by Gasteiger charge is 2.23. The first-order valence-electron chi connectivity index (χ1n) is 8.42. The zero-order valence-electron chi connectivity index (χ0n) is 14.4. The fourth-order valence-corrected chi connectivity index (χ4v) is 3.78. The van der Waals surface area contributed by atoms with Crippen LogP contribution < -0.4 is 15.0 Å². The topological polar surface area (TPSA) is 40.6 Å². The molecular weight excluding hydrogens is 391 g/mol. The van der Waals surface area contributed by atoms with Crippen LogP contribution in [0.5, 0.6) is 5.75 Å². The van der Waals surface area contributed by atoms with Gasteiger partial charge in [0.05, 0.1) is 28.0 Å². The smallest absolute Gasteiger partial charge is 0.173 e. The third-order valence-corrected chi connectivity index (χ3v) is 5.05. The van der Waals surface area contributed by atoms with Gasteiger partial charge >= 0.3 is 0 Å². The van der Waals surface area contributed by atoms with Gasteiger partial charge in [-0.1, -0.05) is 35.3 Å². The van der Waals surface area contributed by atoms with E-state index in [9.17, 15) is 0 Å². The van der Waals surface area contributed by atoms with Crippen LogP contribution in [0.4, 0.5) is 11.4 Å². The Balaban J connectivity index is 1.62. The van der Waals surface area contributed by atoms with Gasteiger partial charge in [-0.2, -0.15) is 0 Å². The quantitative estimate of drug-likeness (QED) is 0.757. The summed E-state index contributed by atoms with van der Waals surface area (Å²) in [6, 6.07) is 7.79. The number of pyridine rings is 1. The molecule has 5 nitrogen and oxygen atoms in total. The minimum atomic E-state index is 0.567. The Morgan fingerprint density at radius 1 is 1.15 bits per heavy atom. The second-order valence-corrected chi connectivity index (χ2v) is 6.99. The van der Waals surface area contributed by atoms with Crippen LogP contribution in [0, 0.1) is 0 Å². The molecule has 1 aromatic heterocycles. The molecule has 3 rings (SSSR count). The Morgan fingerprint density at radius 2 is 1.81 bits per heavy atom. The number of para-hydroxylation sites is 2. The number of ether oxygens (including phenoxy) is 1. The number of nitrogens with zero attached hydrogens (tertiary/aromatic N) is 3. The molecule has 2 heterocycles. The van der Waals surface area contributed by atoms with E-state index in [-0.39, 0.29) is 0 Å². The monoisotopic (exact) mass is 410 g/mol. The fourth-order valence-electron chi connectivity index (χ4n) is 2.89. The van der Waals surface area contributed by atoms with Crippen molar-refractivity contribution in [1.29, 1.82) is 0 Å². The molecule has 0 bridgehead atoms. The Morgan fingerprint density at radius 3 is 2.46 bits per heavy atom. The minimum absolute atomic E-state index is 0.567. The molecule has 1 fully saturated rings. The lowest BCUT2D eigenvalue weighted by molar-refractivity contribution is 0.341. The molecule has 1 aliphatic rings. The van der Waals surface area contributed by atoms with Crippen LogP contribution >= 0.6 is 35.4 Å². The first-order chi connectivity index (χ1) is 12.6. The van der Waals surface area contributed by atoms with E-state index < -0.39 is 0 Å². The summed E-state index contributed by atoms with van der Waals surface area (Å²) < 4.78 is 5.64. The molecule has 0 amide bonds. The van der Waals surface area contributed by atoms with Crippen molar-refractivity contribution >= 4 is 51.9 Å². The number of nitrogens with one attached hydrogen (secondary N) is 1. The zero-order chi connectivity index (χ0) is 18.5. The Bertz CT molecular complexity index is 761. The van der Waals surface area contributed by atoms with Crippen molar-refractivity contribution in [3.8, 4) is 5.75 Å². The summed E-state index contributed by atoms with van der Waals surface area (Å²) in [4.78, 5) is 8.31. The van der Waals surface area contributed by atoms with Crippen LogP contribution in [0.25, 0.3) is 0 Å². The summed E-state index contributed by atoms with van der Waals surface area (Å²) in [6.07, 6.45) is 3.23. The second-order valence-electron chi connectivity index (χ2n) is 5.79. The van der Waals surface area contributed by atoms with Crippen LogP contribution in [-0.2, 0) is 0 Å². The molecule has 1 N–H and O–H groups in total. The fraction of sp³-hybridized carbons (Fsp3) is 0.333. The number of hydrogen-bond acceptors (Lipinski definition) is 4. The minimum Gasteiger partial charge on any atom is -0.492 e. The molecule has 0 atom stereocenters. The van der Waals surface area contributed by atoms with E-state index in [0.717, 1.165) is 43.3 Å². The third kappa shape index (κ3) is 4.31. The number of rotatable bonds is 4. The largest absolute Gasteiger partial charge is 0.492 e. The van der Waals surface area contributed by atoms with Crippen molar-refractivity contribution in [2.24, 2.45) is 0 Å². The summed E-state index contributed by atoms with van der Waals surface area (Å²) in [7, 11) is 0. The Labute approximate surface area is 168 Å². The number of hydrogen-bond donors (Lipinski definition) is 1. The van der Waals surface area contributed by atoms with Crippen LogP contribution in [0.2, 0.25) is 10.0 Å². The van der Waals surface area contributed by atoms with E-state index in [2.05, 4.69) is 20.1 Å². The van der Waals surface area contributed by atoms with Crippen LogP contribution in [-0.4, -0.2) is 47.8 Å². The van der Waals surface area contributed by atoms with Gasteiger partial charge in [0.2, 0.25) is 0 Å². The normalized spacial score (nSPS) is 14.3. The number of piperazine rings is 1. The summed E-state index contributed by atoms with van der Waals surface area (Å²) >= 11 is 18.1. The maximum absolute atomic E-state index is 6.26. The van der Waals surface area contributed by atoms with Gasteiger partial charge in [0.1, 0.15) is 5.75 Å². The highest BCUT2D eigenvalue weighted by Crippen LogP contribution is 2.33. The van der Waals surface area contributed by atoms with Crippen molar-refractivity contribution in [1.82, 2.24) is 9.88 Å². The third-order valence-electron chi connectivity index (χ3n) is 4.14. The first kappa shape index (κ1) is 19.0. The number of halogens is 2. The average Bonchev–Trinajstić information content (AvgIpc) is 2.64. The molecule has 1 aliphatic heterocycles. The molecule has 26 heavy (non-hydrogen) atoms. The van der Waals surface area contributed by atoms with Gasteiger partial charge < -0.3 is 19.9 Å². The number of benzene rings is 1. The van der Waals surface area contributed by atoms with Crippen molar-refractivity contribution < 1.29 is 4.74 Å². The van der Waals surface area contributed by atoms with Gasteiger partial charge in [0.15, 0.2) is 5.11 Å². The molecule has 0 radical (unpaired) electrons. The molecule has 8 heteroatoms.